The number of hydrogen-bond donors (Lipinski definition) is 0. The van der Waals surface area contributed by atoms with Gasteiger partial charge in [0.2, 0.25) is 0 Å². The molecule has 6 rings (SSSR count). The van der Waals surface area contributed by atoms with E-state index in [0.29, 0.717) is 12.1 Å². The van der Waals surface area contributed by atoms with Crippen molar-refractivity contribution < 1.29 is 17.9 Å². The van der Waals surface area contributed by atoms with E-state index >= 15 is 0 Å². The predicted octanol–water partition coefficient (Wildman–Crippen LogP) is 7.32. The SMILES string of the molecule is COc1ccc(C(c2ccc(OCCN3CCCCCC3)cc2)c2cn(S(=O)(=O)c3ccccc3)c3ccccc23)cc1. The molecule has 1 aromatic heterocycles. The van der Waals surface area contributed by atoms with E-state index in [1.807, 2.05) is 66.7 Å². The summed E-state index contributed by atoms with van der Waals surface area (Å²) in [5.41, 5.74) is 3.64. The summed E-state index contributed by atoms with van der Waals surface area (Å²) < 4.78 is 40.7. The van der Waals surface area contributed by atoms with Crippen LogP contribution >= 0.6 is 0 Å². The van der Waals surface area contributed by atoms with Gasteiger partial charge in [0.15, 0.2) is 0 Å². The van der Waals surface area contributed by atoms with Crippen LogP contribution in [0.3, 0.4) is 0 Å². The molecule has 4 aromatic carbocycles. The smallest absolute Gasteiger partial charge is 0.268 e. The Morgan fingerprint density at radius 1 is 0.721 bits per heavy atom. The number of ether oxygens (including phenoxy) is 2. The van der Waals surface area contributed by atoms with E-state index in [0.717, 1.165) is 53.2 Å². The quantitative estimate of drug-likeness (QED) is 0.170. The second-order valence-electron chi connectivity index (χ2n) is 11.1. The van der Waals surface area contributed by atoms with Crippen molar-refractivity contribution in [2.24, 2.45) is 0 Å². The molecule has 43 heavy (non-hydrogen) atoms. The minimum absolute atomic E-state index is 0.214. The summed E-state index contributed by atoms with van der Waals surface area (Å²) in [6.45, 7) is 3.90. The van der Waals surface area contributed by atoms with Crippen molar-refractivity contribution in [3.63, 3.8) is 0 Å². The molecule has 1 unspecified atom stereocenters. The summed E-state index contributed by atoms with van der Waals surface area (Å²) in [7, 11) is -2.16. The monoisotopic (exact) mass is 594 g/mol. The number of rotatable bonds is 10. The van der Waals surface area contributed by atoms with Gasteiger partial charge in [0, 0.05) is 24.0 Å². The molecule has 0 radical (unpaired) electrons. The van der Waals surface area contributed by atoms with E-state index in [2.05, 4.69) is 17.0 Å². The molecule has 0 saturated carbocycles. The molecule has 1 atom stereocenters. The molecular weight excluding hydrogens is 556 g/mol. The van der Waals surface area contributed by atoms with Crippen molar-refractivity contribution in [2.45, 2.75) is 36.5 Å². The highest BCUT2D eigenvalue weighted by molar-refractivity contribution is 7.90. The lowest BCUT2D eigenvalue weighted by Crippen LogP contribution is -2.29. The van der Waals surface area contributed by atoms with Crippen molar-refractivity contribution in [3.8, 4) is 11.5 Å². The highest BCUT2D eigenvalue weighted by Gasteiger charge is 2.26. The molecule has 1 fully saturated rings. The number of fused-ring (bicyclic) bond motifs is 1. The first-order valence-electron chi connectivity index (χ1n) is 15.0. The van der Waals surface area contributed by atoms with Gasteiger partial charge in [-0.2, -0.15) is 0 Å². The number of para-hydroxylation sites is 1. The summed E-state index contributed by atoms with van der Waals surface area (Å²) in [6.07, 6.45) is 6.97. The van der Waals surface area contributed by atoms with Crippen LogP contribution in [0.1, 0.15) is 48.3 Å². The number of benzene rings is 4. The molecule has 1 aliphatic heterocycles. The first kappa shape index (κ1) is 29.0. The highest BCUT2D eigenvalue weighted by Crippen LogP contribution is 2.39. The van der Waals surface area contributed by atoms with Gasteiger partial charge in [-0.05, 0) is 85.1 Å². The first-order chi connectivity index (χ1) is 21.0. The number of likely N-dealkylation sites (tertiary alicyclic amines) is 1. The maximum Gasteiger partial charge on any atom is 0.268 e. The second kappa shape index (κ2) is 13.1. The molecule has 1 saturated heterocycles. The van der Waals surface area contributed by atoms with Crippen LogP contribution in [-0.4, -0.2) is 50.6 Å². The van der Waals surface area contributed by atoms with Gasteiger partial charge in [0.05, 0.1) is 17.5 Å². The maximum atomic E-state index is 13.8. The van der Waals surface area contributed by atoms with Gasteiger partial charge >= 0.3 is 0 Å². The van der Waals surface area contributed by atoms with Crippen molar-refractivity contribution in [1.82, 2.24) is 8.87 Å². The average Bonchev–Trinajstić information content (AvgIpc) is 3.24. The second-order valence-corrected chi connectivity index (χ2v) is 12.9. The van der Waals surface area contributed by atoms with Gasteiger partial charge in [-0.15, -0.1) is 0 Å². The fourth-order valence-electron chi connectivity index (χ4n) is 6.07. The Kier molecular flexibility index (Phi) is 8.82. The van der Waals surface area contributed by atoms with Crippen molar-refractivity contribution in [3.05, 3.63) is 126 Å². The number of aromatic nitrogens is 1. The number of methoxy groups -OCH3 is 1. The van der Waals surface area contributed by atoms with Crippen molar-refractivity contribution >= 4 is 20.9 Å². The van der Waals surface area contributed by atoms with Crippen LogP contribution in [0.2, 0.25) is 0 Å². The van der Waals surface area contributed by atoms with Gasteiger partial charge in [-0.25, -0.2) is 12.4 Å². The molecule has 0 aliphatic carbocycles. The Bertz CT molecular complexity index is 1740. The fourth-order valence-corrected chi connectivity index (χ4v) is 7.47. The minimum Gasteiger partial charge on any atom is -0.497 e. The zero-order valence-electron chi connectivity index (χ0n) is 24.6. The van der Waals surface area contributed by atoms with Crippen LogP contribution in [0, 0.1) is 0 Å². The number of nitrogens with zero attached hydrogens (tertiary/aromatic N) is 2. The summed E-state index contributed by atoms with van der Waals surface area (Å²) in [5, 5.41) is 0.889. The van der Waals surface area contributed by atoms with Crippen molar-refractivity contribution in [2.75, 3.05) is 33.4 Å². The molecule has 222 valence electrons. The lowest BCUT2D eigenvalue weighted by Gasteiger charge is -2.21. The van der Waals surface area contributed by atoms with Gasteiger partial charge in [0.25, 0.3) is 10.0 Å². The Morgan fingerprint density at radius 3 is 1.98 bits per heavy atom. The largest absolute Gasteiger partial charge is 0.497 e. The van der Waals surface area contributed by atoms with E-state index in [9.17, 15) is 8.42 Å². The standard InChI is InChI=1S/C36H38N2O4S/c1-41-30-19-15-28(16-20-30)36(29-17-21-31(22-18-29)42-26-25-37-23-9-2-3-10-24-37)34-27-38(35-14-8-7-13-33(34)35)43(39,40)32-11-5-4-6-12-32/h4-8,11-22,27,36H,2-3,9-10,23-26H2,1H3. The molecule has 0 N–H and O–H groups in total. The molecule has 0 spiro atoms. The zero-order valence-corrected chi connectivity index (χ0v) is 25.4. The summed E-state index contributed by atoms with van der Waals surface area (Å²) in [4.78, 5) is 2.75. The van der Waals surface area contributed by atoms with Crippen LogP contribution in [-0.2, 0) is 10.0 Å². The van der Waals surface area contributed by atoms with Gasteiger partial charge in [-0.1, -0.05) is 73.5 Å². The first-order valence-corrected chi connectivity index (χ1v) is 16.5. The van der Waals surface area contributed by atoms with E-state index in [1.54, 1.807) is 37.6 Å². The third-order valence-corrected chi connectivity index (χ3v) is 10.0. The van der Waals surface area contributed by atoms with Crippen LogP contribution < -0.4 is 9.47 Å². The molecule has 1 aliphatic rings. The zero-order chi connectivity index (χ0) is 29.6. The summed E-state index contributed by atoms with van der Waals surface area (Å²) in [6, 6.07) is 32.5. The lowest BCUT2D eigenvalue weighted by atomic mass is 9.85. The van der Waals surface area contributed by atoms with E-state index in [-0.39, 0.29) is 10.8 Å². The van der Waals surface area contributed by atoms with Crippen LogP contribution in [0.4, 0.5) is 0 Å². The third-order valence-electron chi connectivity index (χ3n) is 8.36. The maximum absolute atomic E-state index is 13.8. The van der Waals surface area contributed by atoms with E-state index in [4.69, 9.17) is 9.47 Å². The molecule has 0 bridgehead atoms. The average molecular weight is 595 g/mol. The van der Waals surface area contributed by atoms with E-state index in [1.165, 1.54) is 29.7 Å². The van der Waals surface area contributed by atoms with Gasteiger partial charge in [-0.3, -0.25) is 4.90 Å². The Labute approximate surface area is 254 Å². The highest BCUT2D eigenvalue weighted by atomic mass is 32.2. The third kappa shape index (κ3) is 6.33. The fraction of sp³-hybridized carbons (Fsp3) is 0.278. The molecule has 2 heterocycles. The topological polar surface area (TPSA) is 60.8 Å². The molecule has 5 aromatic rings. The molecule has 0 amide bonds. The van der Waals surface area contributed by atoms with Gasteiger partial charge in [0.1, 0.15) is 18.1 Å². The lowest BCUT2D eigenvalue weighted by molar-refractivity contribution is 0.214. The number of hydrogen-bond acceptors (Lipinski definition) is 5. The molecular formula is C36H38N2O4S. The van der Waals surface area contributed by atoms with Crippen LogP contribution in [0.5, 0.6) is 11.5 Å². The van der Waals surface area contributed by atoms with Crippen LogP contribution in [0.15, 0.2) is 114 Å². The predicted molar refractivity (Wildman–Crippen MR) is 172 cm³/mol. The molecule has 7 heteroatoms. The Morgan fingerprint density at radius 2 is 1.33 bits per heavy atom. The summed E-state index contributed by atoms with van der Waals surface area (Å²) >= 11 is 0. The van der Waals surface area contributed by atoms with E-state index < -0.39 is 10.0 Å². The Hall–Kier alpha value is -4.07. The normalized spacial score (nSPS) is 15.2. The van der Waals surface area contributed by atoms with Crippen LogP contribution in [0.25, 0.3) is 10.9 Å². The Balaban J connectivity index is 1.36. The van der Waals surface area contributed by atoms with Gasteiger partial charge < -0.3 is 9.47 Å². The van der Waals surface area contributed by atoms with Crippen molar-refractivity contribution in [1.29, 1.82) is 0 Å². The minimum atomic E-state index is -3.81. The summed E-state index contributed by atoms with van der Waals surface area (Å²) in [5.74, 6) is 1.39. The molecule has 6 nitrogen and oxygen atoms in total.